The molecule has 0 aromatic rings. The molecule has 9 nitrogen and oxygen atoms in total. The maximum atomic E-state index is 13.5. The monoisotopic (exact) mass is 525 g/mol. The zero-order chi connectivity index (χ0) is 27.7. The van der Waals surface area contributed by atoms with Gasteiger partial charge in [0.1, 0.15) is 18.1 Å². The number of carbonyl (C=O) groups excluding carboxylic acids is 4. The van der Waals surface area contributed by atoms with Crippen molar-refractivity contribution < 1.29 is 32.3 Å². The number of hydrogen-bond donors (Lipinski definition) is 3. The highest BCUT2D eigenvalue weighted by Crippen LogP contribution is 2.65. The first-order valence-corrected chi connectivity index (χ1v) is 12.6. The van der Waals surface area contributed by atoms with Crippen LogP contribution in [0.15, 0.2) is 0 Å². The van der Waals surface area contributed by atoms with Gasteiger partial charge in [0, 0.05) is 12.6 Å². The molecule has 3 aliphatic heterocycles. The SMILES string of the molecule is CC(C)(C)[C@H](NC(=O)C(F)(F)F)C(=O)N1C[C@H]2[C@@H]([C@H]1C(=O)NC(C#N)CC[C@]13C[C@H](C1)NC3=O)C2(C)C. The van der Waals surface area contributed by atoms with E-state index in [9.17, 15) is 37.6 Å². The van der Waals surface area contributed by atoms with E-state index in [1.165, 1.54) is 25.7 Å². The van der Waals surface area contributed by atoms with Gasteiger partial charge in [-0.3, -0.25) is 19.2 Å². The Morgan fingerprint density at radius 2 is 1.81 bits per heavy atom. The molecule has 5 aliphatic rings. The van der Waals surface area contributed by atoms with Crippen molar-refractivity contribution in [3.05, 3.63) is 0 Å². The van der Waals surface area contributed by atoms with Crippen LogP contribution in [-0.2, 0) is 19.2 Å². The second-order valence-electron chi connectivity index (χ2n) is 12.7. The summed E-state index contributed by atoms with van der Waals surface area (Å²) in [7, 11) is 0. The minimum Gasteiger partial charge on any atom is -0.353 e. The van der Waals surface area contributed by atoms with E-state index in [1.54, 1.807) is 0 Å². The van der Waals surface area contributed by atoms with Crippen molar-refractivity contribution in [3.8, 4) is 6.07 Å². The first-order valence-electron chi connectivity index (χ1n) is 12.6. The molecule has 1 unspecified atom stereocenters. The molecule has 3 saturated heterocycles. The molecule has 5 atom stereocenters. The smallest absolute Gasteiger partial charge is 0.353 e. The van der Waals surface area contributed by atoms with Crippen molar-refractivity contribution in [1.82, 2.24) is 20.9 Å². The normalized spacial score (nSPS) is 32.8. The predicted molar refractivity (Wildman–Crippen MR) is 124 cm³/mol. The van der Waals surface area contributed by atoms with E-state index in [2.05, 4.69) is 16.7 Å². The largest absolute Gasteiger partial charge is 0.471 e. The number of alkyl halides is 3. The Bertz CT molecular complexity index is 1050. The number of amides is 4. The molecule has 3 N–H and O–H groups in total. The van der Waals surface area contributed by atoms with Crippen LogP contribution in [0.25, 0.3) is 0 Å². The highest BCUT2D eigenvalue weighted by atomic mass is 19.4. The van der Waals surface area contributed by atoms with E-state index in [4.69, 9.17) is 0 Å². The van der Waals surface area contributed by atoms with E-state index in [-0.39, 0.29) is 42.2 Å². The van der Waals surface area contributed by atoms with Gasteiger partial charge in [-0.15, -0.1) is 0 Å². The Morgan fingerprint density at radius 3 is 2.30 bits per heavy atom. The molecular formula is C25H34F3N5O4. The zero-order valence-electron chi connectivity index (χ0n) is 21.7. The van der Waals surface area contributed by atoms with Gasteiger partial charge >= 0.3 is 12.1 Å². The fourth-order valence-corrected chi connectivity index (χ4v) is 6.51. The number of rotatable bonds is 7. The van der Waals surface area contributed by atoms with Crippen molar-refractivity contribution in [3.63, 3.8) is 0 Å². The molecule has 5 rings (SSSR count). The van der Waals surface area contributed by atoms with Crippen molar-refractivity contribution in [1.29, 1.82) is 5.26 Å². The van der Waals surface area contributed by atoms with Gasteiger partial charge in [0.2, 0.25) is 17.7 Å². The molecule has 5 fully saturated rings. The number of halogens is 3. The zero-order valence-corrected chi connectivity index (χ0v) is 21.7. The molecule has 37 heavy (non-hydrogen) atoms. The average Bonchev–Trinajstić information content (AvgIpc) is 3.15. The third kappa shape index (κ3) is 4.66. The summed E-state index contributed by atoms with van der Waals surface area (Å²) in [5.74, 6) is -3.80. The lowest BCUT2D eigenvalue weighted by molar-refractivity contribution is -0.176. The highest BCUT2D eigenvalue weighted by Gasteiger charge is 2.70. The van der Waals surface area contributed by atoms with Crippen molar-refractivity contribution in [2.75, 3.05) is 6.54 Å². The maximum absolute atomic E-state index is 13.5. The number of nitrogens with zero attached hydrogens (tertiary/aromatic N) is 2. The van der Waals surface area contributed by atoms with E-state index < -0.39 is 52.9 Å². The van der Waals surface area contributed by atoms with Gasteiger partial charge in [0.25, 0.3) is 0 Å². The summed E-state index contributed by atoms with van der Waals surface area (Å²) in [5.41, 5.74) is -1.80. The number of nitrogens with one attached hydrogen (secondary N) is 3. The average molecular weight is 526 g/mol. The van der Waals surface area contributed by atoms with Gasteiger partial charge in [0.15, 0.2) is 0 Å². The second kappa shape index (κ2) is 8.60. The van der Waals surface area contributed by atoms with Gasteiger partial charge in [-0.25, -0.2) is 0 Å². The Kier molecular flexibility index (Phi) is 6.32. The van der Waals surface area contributed by atoms with Crippen LogP contribution in [0.2, 0.25) is 0 Å². The molecule has 12 heteroatoms. The van der Waals surface area contributed by atoms with Gasteiger partial charge in [-0.05, 0) is 48.3 Å². The number of nitriles is 1. The highest BCUT2D eigenvalue weighted by molar-refractivity contribution is 5.95. The minimum atomic E-state index is -5.16. The topological polar surface area (TPSA) is 131 Å². The molecular weight excluding hydrogens is 491 g/mol. The number of piperidine rings is 1. The van der Waals surface area contributed by atoms with Crippen molar-refractivity contribution >= 4 is 23.6 Å². The summed E-state index contributed by atoms with van der Waals surface area (Å²) in [6.07, 6.45) is -3.00. The van der Waals surface area contributed by atoms with Gasteiger partial charge in [-0.1, -0.05) is 34.6 Å². The molecule has 0 aromatic carbocycles. The van der Waals surface area contributed by atoms with Crippen LogP contribution in [0, 0.1) is 39.4 Å². The molecule has 4 amide bonds. The summed E-state index contributed by atoms with van der Waals surface area (Å²) >= 11 is 0. The van der Waals surface area contributed by atoms with Crippen molar-refractivity contribution in [2.45, 2.75) is 90.6 Å². The lowest BCUT2D eigenvalue weighted by Crippen LogP contribution is -2.61. The van der Waals surface area contributed by atoms with Gasteiger partial charge in [-0.2, -0.15) is 18.4 Å². The predicted octanol–water partition coefficient (Wildman–Crippen LogP) is 1.63. The van der Waals surface area contributed by atoms with Crippen LogP contribution in [0.3, 0.4) is 0 Å². The lowest BCUT2D eigenvalue weighted by atomic mass is 9.66. The molecule has 3 heterocycles. The third-order valence-corrected chi connectivity index (χ3v) is 8.88. The standard InChI is InChI=1S/C25H34F3N5O4/c1-22(2,3)17(32-21(37)25(26,27)28)19(35)33-11-14-15(23(14,4)5)16(33)18(34)30-12(10-29)6-7-24-8-13(9-24)31-20(24)36/h12-17H,6-9,11H2,1-5H3,(H,30,34)(H,31,36)(H,32,37)/t12?,13-,14-,15-,16-,17+,24+/m0/s1. The van der Waals surface area contributed by atoms with Crippen LogP contribution < -0.4 is 16.0 Å². The second-order valence-corrected chi connectivity index (χ2v) is 12.7. The Morgan fingerprint density at radius 1 is 1.19 bits per heavy atom. The van der Waals surface area contributed by atoms with E-state index in [1.807, 2.05) is 19.2 Å². The molecule has 2 bridgehead atoms. The maximum Gasteiger partial charge on any atom is 0.471 e. The lowest BCUT2D eigenvalue weighted by Gasteiger charge is -2.38. The first kappa shape index (κ1) is 27.2. The minimum absolute atomic E-state index is 0.0234. The molecule has 2 aliphatic carbocycles. The quantitative estimate of drug-likeness (QED) is 0.465. The Labute approximate surface area is 213 Å². The van der Waals surface area contributed by atoms with Crippen LogP contribution >= 0.6 is 0 Å². The van der Waals surface area contributed by atoms with Gasteiger partial charge in [0.05, 0.1) is 11.5 Å². The van der Waals surface area contributed by atoms with Crippen LogP contribution in [-0.4, -0.2) is 65.4 Å². The molecule has 2 saturated carbocycles. The summed E-state index contributed by atoms with van der Waals surface area (Å²) < 4.78 is 38.9. The van der Waals surface area contributed by atoms with E-state index >= 15 is 0 Å². The number of carbonyl (C=O) groups is 4. The summed E-state index contributed by atoms with van der Waals surface area (Å²) in [6.45, 7) is 8.71. The number of fused-ring (bicyclic) bond motifs is 2. The van der Waals surface area contributed by atoms with Crippen LogP contribution in [0.1, 0.15) is 60.3 Å². The van der Waals surface area contributed by atoms with Gasteiger partial charge < -0.3 is 20.9 Å². The molecule has 0 spiro atoms. The molecule has 204 valence electrons. The fourth-order valence-electron chi connectivity index (χ4n) is 6.51. The Balaban J connectivity index is 1.49. The van der Waals surface area contributed by atoms with E-state index in [0.29, 0.717) is 6.42 Å². The fraction of sp³-hybridized carbons (Fsp3) is 0.800. The van der Waals surface area contributed by atoms with Crippen LogP contribution in [0.5, 0.6) is 0 Å². The first-order chi connectivity index (χ1) is 16.9. The molecule has 0 radical (unpaired) electrons. The summed E-state index contributed by atoms with van der Waals surface area (Å²) in [4.78, 5) is 52.1. The third-order valence-electron chi connectivity index (χ3n) is 8.88. The van der Waals surface area contributed by atoms with Crippen LogP contribution in [0.4, 0.5) is 13.2 Å². The molecule has 0 aromatic heterocycles. The summed E-state index contributed by atoms with van der Waals surface area (Å²) in [5, 5.41) is 17.1. The Hall–Kier alpha value is -2.84. The number of likely N-dealkylation sites (tertiary alicyclic amines) is 1. The van der Waals surface area contributed by atoms with Crippen molar-refractivity contribution in [2.24, 2.45) is 28.1 Å². The summed E-state index contributed by atoms with van der Waals surface area (Å²) in [6, 6.07) is -1.11. The number of hydrogen-bond acceptors (Lipinski definition) is 5. The van der Waals surface area contributed by atoms with E-state index in [0.717, 1.165) is 12.8 Å².